The number of nitrogens with one attached hydrogen (secondary N) is 1. The number of anilines is 1. The Labute approximate surface area is 204 Å². The third-order valence-electron chi connectivity index (χ3n) is 5.03. The van der Waals surface area contributed by atoms with Crippen molar-refractivity contribution in [1.82, 2.24) is 14.5 Å². The molecule has 0 aliphatic carbocycles. The molecule has 36 heavy (non-hydrogen) atoms. The third-order valence-corrected chi connectivity index (χ3v) is 5.03. The van der Waals surface area contributed by atoms with E-state index in [2.05, 4.69) is 15.3 Å². The largest absolute Gasteiger partial charge is 0.480 e. The number of imidazole rings is 1. The number of hydrogen-bond acceptors (Lipinski definition) is 8. The molecule has 2 aromatic heterocycles. The highest BCUT2D eigenvalue weighted by molar-refractivity contribution is 6.04. The molecule has 0 atom stereocenters. The average Bonchev–Trinajstić information content (AvgIpc) is 3.27. The van der Waals surface area contributed by atoms with Crippen LogP contribution in [0.2, 0.25) is 0 Å². The number of aliphatic carboxylic acids is 2. The topological polar surface area (TPSA) is 187 Å². The highest BCUT2D eigenvalue weighted by atomic mass is 16.6. The summed E-state index contributed by atoms with van der Waals surface area (Å²) in [5.74, 6) is -3.15. The van der Waals surface area contributed by atoms with Crippen LogP contribution in [0, 0.1) is 10.1 Å². The second kappa shape index (κ2) is 9.82. The lowest BCUT2D eigenvalue weighted by molar-refractivity contribution is -0.384. The second-order valence-electron chi connectivity index (χ2n) is 8.81. The zero-order chi connectivity index (χ0) is 26.7. The fourth-order valence-electron chi connectivity index (χ4n) is 3.30. The van der Waals surface area contributed by atoms with Gasteiger partial charge in [-0.3, -0.25) is 25.0 Å². The van der Waals surface area contributed by atoms with Crippen molar-refractivity contribution in [2.45, 2.75) is 38.2 Å². The molecule has 0 aliphatic heterocycles. The normalized spacial score (nSPS) is 11.5. The number of nitro benzene ring substituents is 1. The average molecular weight is 497 g/mol. The highest BCUT2D eigenvalue weighted by Gasteiger charge is 2.50. The first-order valence-corrected chi connectivity index (χ1v) is 10.5. The second-order valence-corrected chi connectivity index (χ2v) is 8.81. The molecule has 0 spiro atoms. The van der Waals surface area contributed by atoms with E-state index >= 15 is 0 Å². The van der Waals surface area contributed by atoms with Crippen molar-refractivity contribution in [3.8, 4) is 5.69 Å². The molecule has 3 aromatic rings. The van der Waals surface area contributed by atoms with Crippen molar-refractivity contribution in [1.29, 1.82) is 0 Å². The lowest BCUT2D eigenvalue weighted by Crippen LogP contribution is -2.46. The Hall–Kier alpha value is -4.81. The van der Waals surface area contributed by atoms with Crippen LogP contribution in [0.3, 0.4) is 0 Å². The molecule has 0 unspecified atom stereocenters. The number of hydrogen-bond donors (Lipinski definition) is 3. The fraction of sp³-hybridized carbons (Fsp3) is 0.261. The number of aromatic nitrogens is 3. The molecule has 3 rings (SSSR count). The number of ether oxygens (including phenoxy) is 1. The molecule has 0 saturated carbocycles. The number of amides is 1. The van der Waals surface area contributed by atoms with E-state index in [1.165, 1.54) is 59.7 Å². The Morgan fingerprint density at radius 3 is 2.19 bits per heavy atom. The van der Waals surface area contributed by atoms with Gasteiger partial charge in [0.1, 0.15) is 11.4 Å². The van der Waals surface area contributed by atoms with Gasteiger partial charge in [0.15, 0.2) is 0 Å². The van der Waals surface area contributed by atoms with Crippen LogP contribution in [0.5, 0.6) is 0 Å². The van der Waals surface area contributed by atoms with Gasteiger partial charge in [-0.05, 0) is 44.5 Å². The Balaban J connectivity index is 1.88. The maximum atomic E-state index is 12.3. The van der Waals surface area contributed by atoms with Crippen molar-refractivity contribution in [2.75, 3.05) is 5.32 Å². The Morgan fingerprint density at radius 2 is 1.69 bits per heavy atom. The molecule has 0 fully saturated rings. The van der Waals surface area contributed by atoms with E-state index < -0.39 is 40.4 Å². The maximum Gasteiger partial charge on any atom is 0.413 e. The number of carbonyl (C=O) groups is 3. The lowest BCUT2D eigenvalue weighted by Gasteiger charge is -2.23. The molecule has 13 nitrogen and oxygen atoms in total. The van der Waals surface area contributed by atoms with Crippen molar-refractivity contribution in [3.63, 3.8) is 0 Å². The summed E-state index contributed by atoms with van der Waals surface area (Å²) in [4.78, 5) is 54.8. The minimum Gasteiger partial charge on any atom is -0.480 e. The van der Waals surface area contributed by atoms with E-state index in [0.29, 0.717) is 5.69 Å². The van der Waals surface area contributed by atoms with E-state index in [0.717, 1.165) is 0 Å². The third kappa shape index (κ3) is 5.63. The molecule has 1 aromatic carbocycles. The number of nitro groups is 1. The molecule has 0 aliphatic rings. The predicted molar refractivity (Wildman–Crippen MR) is 125 cm³/mol. The van der Waals surface area contributed by atoms with Gasteiger partial charge in [-0.2, -0.15) is 0 Å². The molecule has 0 saturated heterocycles. The van der Waals surface area contributed by atoms with Crippen LogP contribution in [0.15, 0.2) is 55.1 Å². The van der Waals surface area contributed by atoms with Crippen LogP contribution < -0.4 is 5.32 Å². The summed E-state index contributed by atoms with van der Waals surface area (Å²) < 4.78 is 6.51. The van der Waals surface area contributed by atoms with Gasteiger partial charge in [-0.25, -0.2) is 14.8 Å². The van der Waals surface area contributed by atoms with E-state index in [1.54, 1.807) is 20.8 Å². The maximum absolute atomic E-state index is 12.3. The summed E-state index contributed by atoms with van der Waals surface area (Å²) in [6, 6.07) is 8.20. The monoisotopic (exact) mass is 497 g/mol. The number of benzene rings is 1. The fourth-order valence-corrected chi connectivity index (χ4v) is 3.30. The van der Waals surface area contributed by atoms with Gasteiger partial charge in [0, 0.05) is 36.6 Å². The van der Waals surface area contributed by atoms with Gasteiger partial charge in [0.05, 0.1) is 16.9 Å². The first-order chi connectivity index (χ1) is 16.8. The number of carboxylic acids is 2. The summed E-state index contributed by atoms with van der Waals surface area (Å²) in [5.41, 5.74) is -2.88. The number of nitrogens with zero attached hydrogens (tertiary/aromatic N) is 4. The summed E-state index contributed by atoms with van der Waals surface area (Å²) in [7, 11) is 0. The predicted octanol–water partition coefficient (Wildman–Crippen LogP) is 3.17. The molecule has 3 N–H and O–H groups in total. The minimum absolute atomic E-state index is 0.131. The van der Waals surface area contributed by atoms with Crippen LogP contribution in [0.1, 0.15) is 32.0 Å². The molecular weight excluding hydrogens is 474 g/mol. The van der Waals surface area contributed by atoms with Crippen LogP contribution in [0.4, 0.5) is 16.3 Å². The van der Waals surface area contributed by atoms with E-state index in [1.807, 2.05) is 0 Å². The number of rotatable bonds is 8. The molecule has 2 heterocycles. The molecule has 13 heteroatoms. The van der Waals surface area contributed by atoms with E-state index in [4.69, 9.17) is 4.74 Å². The highest BCUT2D eigenvalue weighted by Crippen LogP contribution is 2.30. The summed E-state index contributed by atoms with van der Waals surface area (Å²) in [5, 5.41) is 33.2. The summed E-state index contributed by atoms with van der Waals surface area (Å²) in [6.45, 7) is 5.09. The number of carboxylic acid groups (broad SMARTS) is 2. The molecular formula is C23H23N5O8. The Bertz CT molecular complexity index is 1280. The first kappa shape index (κ1) is 25.8. The Kier molecular flexibility index (Phi) is 7.04. The van der Waals surface area contributed by atoms with Crippen molar-refractivity contribution >= 4 is 29.5 Å². The van der Waals surface area contributed by atoms with Gasteiger partial charge in [-0.1, -0.05) is 6.07 Å². The van der Waals surface area contributed by atoms with Crippen molar-refractivity contribution in [3.05, 3.63) is 76.5 Å². The first-order valence-electron chi connectivity index (χ1n) is 10.5. The summed E-state index contributed by atoms with van der Waals surface area (Å²) >= 11 is 0. The van der Waals surface area contributed by atoms with E-state index in [-0.39, 0.29) is 22.8 Å². The molecule has 0 bridgehead atoms. The van der Waals surface area contributed by atoms with E-state index in [9.17, 15) is 34.7 Å². The number of pyridine rings is 1. The lowest BCUT2D eigenvalue weighted by atomic mass is 9.79. The van der Waals surface area contributed by atoms with Gasteiger partial charge in [0.25, 0.3) is 5.69 Å². The SMILES string of the molecule is CC(C)(C)OC(=O)Nc1ccc(CC(C(=O)O)(C(=O)O)c2cn(-c3ccc([N+](=O)[O-])cc3)cn2)cn1. The van der Waals surface area contributed by atoms with Crippen LogP contribution >= 0.6 is 0 Å². The van der Waals surface area contributed by atoms with Gasteiger partial charge >= 0.3 is 18.0 Å². The number of carbonyl (C=O) groups excluding carboxylic acids is 1. The minimum atomic E-state index is -2.45. The molecule has 0 radical (unpaired) electrons. The Morgan fingerprint density at radius 1 is 1.06 bits per heavy atom. The van der Waals surface area contributed by atoms with Crippen molar-refractivity contribution in [2.24, 2.45) is 0 Å². The van der Waals surface area contributed by atoms with Crippen molar-refractivity contribution < 1.29 is 34.3 Å². The van der Waals surface area contributed by atoms with Gasteiger partial charge < -0.3 is 19.5 Å². The van der Waals surface area contributed by atoms with Crippen LogP contribution in [-0.2, 0) is 26.2 Å². The van der Waals surface area contributed by atoms with Crippen LogP contribution in [-0.4, -0.2) is 53.3 Å². The quantitative estimate of drug-likeness (QED) is 0.237. The van der Waals surface area contributed by atoms with Gasteiger partial charge in [0.2, 0.25) is 5.41 Å². The number of non-ortho nitro benzene ring substituents is 1. The van der Waals surface area contributed by atoms with Gasteiger partial charge in [-0.15, -0.1) is 0 Å². The zero-order valence-electron chi connectivity index (χ0n) is 19.5. The zero-order valence-corrected chi connectivity index (χ0v) is 19.5. The molecule has 1 amide bonds. The van der Waals surface area contributed by atoms with Crippen LogP contribution in [0.25, 0.3) is 5.69 Å². The smallest absolute Gasteiger partial charge is 0.413 e. The standard InChI is InChI=1S/C23H23N5O8/c1-22(2,3)36-21(33)26-18-9-4-14(11-24-18)10-23(19(29)30,20(31)32)17-12-27(13-25-17)15-5-7-16(8-6-15)28(34)35/h4-9,11-13H,10H2,1-3H3,(H,29,30)(H,31,32)(H,24,26,33). The molecule has 188 valence electrons. The summed E-state index contributed by atoms with van der Waals surface area (Å²) in [6.07, 6.45) is 2.50.